The molecule has 0 aliphatic rings. The number of anilines is 2. The number of ether oxygens (including phenoxy) is 1. The number of aryl methyl sites for hydroxylation is 2. The third kappa shape index (κ3) is 3.19. The Morgan fingerprint density at radius 3 is 2.89 bits per heavy atom. The van der Waals surface area contributed by atoms with Gasteiger partial charge in [0, 0.05) is 25.0 Å². The van der Waals surface area contributed by atoms with E-state index in [-0.39, 0.29) is 0 Å². The summed E-state index contributed by atoms with van der Waals surface area (Å²) in [4.78, 5) is 8.60. The first-order chi connectivity index (χ1) is 8.67. The van der Waals surface area contributed by atoms with E-state index in [1.165, 1.54) is 0 Å². The number of nitrogens with one attached hydrogen (secondary N) is 1. The third-order valence-electron chi connectivity index (χ3n) is 2.25. The Balaban J connectivity index is 2.14. The fraction of sp³-hybridized carbons (Fsp3) is 0.417. The molecule has 0 fully saturated rings. The minimum Gasteiger partial charge on any atom is -0.478 e. The van der Waals surface area contributed by atoms with E-state index in [1.807, 2.05) is 26.2 Å². The molecule has 0 spiro atoms. The van der Waals surface area contributed by atoms with Crippen molar-refractivity contribution in [2.45, 2.75) is 20.3 Å². The summed E-state index contributed by atoms with van der Waals surface area (Å²) < 4.78 is 7.22. The highest BCUT2D eigenvalue weighted by molar-refractivity contribution is 5.50. The van der Waals surface area contributed by atoms with Crippen molar-refractivity contribution >= 4 is 11.6 Å². The van der Waals surface area contributed by atoms with E-state index in [1.54, 1.807) is 10.9 Å². The van der Waals surface area contributed by atoms with Crippen LogP contribution in [-0.2, 0) is 7.05 Å². The SMILES string of the molecule is CCCOc1cc(C)nc(Nc2cnn(C)c2)n1. The standard InChI is InChI=1S/C12H17N5O/c1-4-5-18-11-6-9(2)14-12(16-11)15-10-7-13-17(3)8-10/h6-8H,4-5H2,1-3H3,(H,14,15,16). The predicted octanol–water partition coefficient (Wildman–Crippen LogP) is 2.05. The molecule has 2 aromatic rings. The lowest BCUT2D eigenvalue weighted by Crippen LogP contribution is -2.03. The average molecular weight is 247 g/mol. The van der Waals surface area contributed by atoms with Gasteiger partial charge in [-0.3, -0.25) is 4.68 Å². The summed E-state index contributed by atoms with van der Waals surface area (Å²) in [5.41, 5.74) is 1.71. The first-order valence-electron chi connectivity index (χ1n) is 5.91. The Kier molecular flexibility index (Phi) is 3.76. The number of hydrogen-bond donors (Lipinski definition) is 1. The summed E-state index contributed by atoms with van der Waals surface area (Å²) >= 11 is 0. The summed E-state index contributed by atoms with van der Waals surface area (Å²) in [7, 11) is 1.86. The monoisotopic (exact) mass is 247 g/mol. The molecule has 6 nitrogen and oxygen atoms in total. The van der Waals surface area contributed by atoms with E-state index < -0.39 is 0 Å². The second kappa shape index (κ2) is 5.48. The molecule has 0 atom stereocenters. The number of nitrogens with zero attached hydrogens (tertiary/aromatic N) is 4. The second-order valence-electron chi connectivity index (χ2n) is 4.05. The zero-order chi connectivity index (χ0) is 13.0. The van der Waals surface area contributed by atoms with Crippen molar-refractivity contribution in [3.63, 3.8) is 0 Å². The molecule has 2 heterocycles. The molecule has 0 saturated heterocycles. The van der Waals surface area contributed by atoms with Crippen molar-refractivity contribution in [2.75, 3.05) is 11.9 Å². The molecule has 96 valence electrons. The zero-order valence-corrected chi connectivity index (χ0v) is 10.8. The van der Waals surface area contributed by atoms with Crippen molar-refractivity contribution in [1.29, 1.82) is 0 Å². The van der Waals surface area contributed by atoms with E-state index in [9.17, 15) is 0 Å². The quantitative estimate of drug-likeness (QED) is 0.876. The Bertz CT molecular complexity index is 523. The summed E-state index contributed by atoms with van der Waals surface area (Å²) in [6.45, 7) is 4.63. The highest BCUT2D eigenvalue weighted by Gasteiger charge is 2.04. The van der Waals surface area contributed by atoms with Crippen LogP contribution in [0.2, 0.25) is 0 Å². The molecule has 0 aliphatic carbocycles. The van der Waals surface area contributed by atoms with Crippen molar-refractivity contribution in [1.82, 2.24) is 19.7 Å². The predicted molar refractivity (Wildman–Crippen MR) is 69.0 cm³/mol. The average Bonchev–Trinajstić information content (AvgIpc) is 2.71. The normalized spacial score (nSPS) is 10.4. The molecule has 2 rings (SSSR count). The Morgan fingerprint density at radius 1 is 1.39 bits per heavy atom. The van der Waals surface area contributed by atoms with Crippen molar-refractivity contribution < 1.29 is 4.74 Å². The highest BCUT2D eigenvalue weighted by atomic mass is 16.5. The molecule has 0 aromatic carbocycles. The summed E-state index contributed by atoms with van der Waals surface area (Å²) in [5, 5.41) is 7.17. The van der Waals surface area contributed by atoms with Gasteiger partial charge in [0.1, 0.15) is 0 Å². The van der Waals surface area contributed by atoms with Gasteiger partial charge in [0.25, 0.3) is 0 Å². The van der Waals surface area contributed by atoms with Crippen molar-refractivity contribution in [3.8, 4) is 5.88 Å². The second-order valence-corrected chi connectivity index (χ2v) is 4.05. The van der Waals surface area contributed by atoms with E-state index >= 15 is 0 Å². The van der Waals surface area contributed by atoms with Gasteiger partial charge in [0.15, 0.2) is 0 Å². The Morgan fingerprint density at radius 2 is 2.22 bits per heavy atom. The lowest BCUT2D eigenvalue weighted by Gasteiger charge is -2.07. The molecule has 2 aromatic heterocycles. The van der Waals surface area contributed by atoms with Gasteiger partial charge in [-0.1, -0.05) is 6.92 Å². The summed E-state index contributed by atoms with van der Waals surface area (Å²) in [6.07, 6.45) is 4.53. The highest BCUT2D eigenvalue weighted by Crippen LogP contribution is 2.16. The van der Waals surface area contributed by atoms with Crippen molar-refractivity contribution in [3.05, 3.63) is 24.2 Å². The minimum atomic E-state index is 0.522. The first-order valence-corrected chi connectivity index (χ1v) is 5.91. The van der Waals surface area contributed by atoms with Crippen LogP contribution in [0, 0.1) is 6.92 Å². The van der Waals surface area contributed by atoms with E-state index in [0.717, 1.165) is 17.8 Å². The topological polar surface area (TPSA) is 64.9 Å². The van der Waals surface area contributed by atoms with Gasteiger partial charge in [0.2, 0.25) is 11.8 Å². The van der Waals surface area contributed by atoms with Crippen molar-refractivity contribution in [2.24, 2.45) is 7.05 Å². The minimum absolute atomic E-state index is 0.522. The molecule has 1 N–H and O–H groups in total. The van der Waals surface area contributed by atoms with Crippen LogP contribution in [0.5, 0.6) is 5.88 Å². The fourth-order valence-electron chi connectivity index (χ4n) is 1.49. The smallest absolute Gasteiger partial charge is 0.230 e. The van der Waals surface area contributed by atoms with Crippen LogP contribution in [0.4, 0.5) is 11.6 Å². The largest absolute Gasteiger partial charge is 0.478 e. The van der Waals surface area contributed by atoms with Gasteiger partial charge >= 0.3 is 0 Å². The van der Waals surface area contributed by atoms with Gasteiger partial charge in [0.05, 0.1) is 18.5 Å². The molecular formula is C12H17N5O. The molecular weight excluding hydrogens is 230 g/mol. The molecule has 0 aliphatic heterocycles. The van der Waals surface area contributed by atoms with Crippen LogP contribution in [0.15, 0.2) is 18.5 Å². The number of aromatic nitrogens is 4. The Labute approximate surface area is 106 Å². The van der Waals surface area contributed by atoms with Crippen LogP contribution >= 0.6 is 0 Å². The molecule has 18 heavy (non-hydrogen) atoms. The lowest BCUT2D eigenvalue weighted by atomic mass is 10.4. The molecule has 0 saturated carbocycles. The summed E-state index contributed by atoms with van der Waals surface area (Å²) in [5.74, 6) is 1.12. The molecule has 0 amide bonds. The van der Waals surface area contributed by atoms with E-state index in [0.29, 0.717) is 18.4 Å². The van der Waals surface area contributed by atoms with Gasteiger partial charge in [-0.05, 0) is 13.3 Å². The van der Waals surface area contributed by atoms with E-state index in [2.05, 4.69) is 27.3 Å². The maximum absolute atomic E-state index is 5.51. The zero-order valence-electron chi connectivity index (χ0n) is 10.8. The van der Waals surface area contributed by atoms with Crippen LogP contribution in [0.1, 0.15) is 19.0 Å². The first kappa shape index (κ1) is 12.3. The van der Waals surface area contributed by atoms with Crippen LogP contribution in [0.25, 0.3) is 0 Å². The van der Waals surface area contributed by atoms with Gasteiger partial charge in [-0.2, -0.15) is 10.1 Å². The van der Waals surface area contributed by atoms with Gasteiger partial charge in [-0.25, -0.2) is 4.98 Å². The van der Waals surface area contributed by atoms with Crippen LogP contribution in [0.3, 0.4) is 0 Å². The molecule has 0 radical (unpaired) electrons. The van der Waals surface area contributed by atoms with Gasteiger partial charge in [-0.15, -0.1) is 0 Å². The number of rotatable bonds is 5. The lowest BCUT2D eigenvalue weighted by molar-refractivity contribution is 0.305. The summed E-state index contributed by atoms with van der Waals surface area (Å²) in [6, 6.07) is 1.82. The molecule has 0 bridgehead atoms. The maximum atomic E-state index is 5.51. The van der Waals surface area contributed by atoms with Gasteiger partial charge < -0.3 is 10.1 Å². The number of hydrogen-bond acceptors (Lipinski definition) is 5. The molecule has 6 heteroatoms. The van der Waals surface area contributed by atoms with Crippen LogP contribution < -0.4 is 10.1 Å². The van der Waals surface area contributed by atoms with E-state index in [4.69, 9.17) is 4.74 Å². The fourth-order valence-corrected chi connectivity index (χ4v) is 1.49. The molecule has 0 unspecified atom stereocenters. The maximum Gasteiger partial charge on any atom is 0.230 e. The third-order valence-corrected chi connectivity index (χ3v) is 2.25. The van der Waals surface area contributed by atoms with Crippen LogP contribution in [-0.4, -0.2) is 26.4 Å². The Hall–Kier alpha value is -2.11.